The summed E-state index contributed by atoms with van der Waals surface area (Å²) in [7, 11) is 1.49. The lowest BCUT2D eigenvalue weighted by molar-refractivity contribution is -0.159. The highest BCUT2D eigenvalue weighted by Gasteiger charge is 2.35. The number of aromatic nitrogens is 2. The molecule has 0 radical (unpaired) electrons. The van der Waals surface area contributed by atoms with E-state index in [0.29, 0.717) is 29.9 Å². The molecule has 1 aromatic carbocycles. The number of urea groups is 1. The molecule has 2 aromatic rings. The number of anilines is 1. The number of hydrogen-bond donors (Lipinski definition) is 2. The smallest absolute Gasteiger partial charge is 0.322 e. The van der Waals surface area contributed by atoms with Crippen LogP contribution in [0.4, 0.5) is 14.9 Å². The maximum absolute atomic E-state index is 13.4. The first-order chi connectivity index (χ1) is 13.9. The average molecular weight is 468 g/mol. The van der Waals surface area contributed by atoms with Gasteiger partial charge in [0.05, 0.1) is 29.9 Å². The maximum Gasteiger partial charge on any atom is 0.322 e. The molecule has 0 aliphatic carbocycles. The van der Waals surface area contributed by atoms with Gasteiger partial charge in [0, 0.05) is 31.3 Å². The molecule has 4 rings (SSSR count). The van der Waals surface area contributed by atoms with Crippen LogP contribution in [0.1, 0.15) is 21.7 Å². The van der Waals surface area contributed by atoms with E-state index >= 15 is 0 Å². The van der Waals surface area contributed by atoms with E-state index in [1.165, 1.54) is 25.2 Å². The molecule has 3 amide bonds. The van der Waals surface area contributed by atoms with Crippen molar-refractivity contribution < 1.29 is 23.9 Å². The Morgan fingerprint density at radius 2 is 2.28 bits per heavy atom. The summed E-state index contributed by atoms with van der Waals surface area (Å²) in [5.41, 5.74) is 2.25. The second kappa shape index (κ2) is 7.73. The molecule has 0 unspecified atom stereocenters. The zero-order valence-electron chi connectivity index (χ0n) is 15.6. The topological polar surface area (TPSA) is 99.9 Å². The molecule has 1 aromatic heterocycles. The van der Waals surface area contributed by atoms with Crippen LogP contribution in [0.5, 0.6) is 0 Å². The zero-order chi connectivity index (χ0) is 20.7. The van der Waals surface area contributed by atoms with E-state index in [9.17, 15) is 19.1 Å². The fourth-order valence-corrected chi connectivity index (χ4v) is 3.86. The molecule has 2 aliphatic rings. The van der Waals surface area contributed by atoms with Crippen LogP contribution < -0.4 is 5.32 Å². The van der Waals surface area contributed by atoms with Gasteiger partial charge in [-0.15, -0.1) is 0 Å². The Morgan fingerprint density at radius 3 is 3.00 bits per heavy atom. The third kappa shape index (κ3) is 3.72. The van der Waals surface area contributed by atoms with Crippen molar-refractivity contribution in [3.8, 4) is 0 Å². The number of aliphatic hydroxyl groups excluding tert-OH is 1. The quantitative estimate of drug-likeness (QED) is 0.700. The van der Waals surface area contributed by atoms with Crippen LogP contribution in [0.3, 0.4) is 0 Å². The Balaban J connectivity index is 1.57. The lowest BCUT2D eigenvalue weighted by Crippen LogP contribution is -2.39. The van der Waals surface area contributed by atoms with Gasteiger partial charge in [-0.25, -0.2) is 14.2 Å². The predicted molar refractivity (Wildman–Crippen MR) is 104 cm³/mol. The van der Waals surface area contributed by atoms with Gasteiger partial charge < -0.3 is 15.3 Å². The van der Waals surface area contributed by atoms with Gasteiger partial charge in [-0.3, -0.25) is 14.3 Å². The first-order valence-corrected chi connectivity index (χ1v) is 9.82. The van der Waals surface area contributed by atoms with Crippen LogP contribution in [0, 0.1) is 5.82 Å². The minimum absolute atomic E-state index is 0.211. The van der Waals surface area contributed by atoms with Gasteiger partial charge in [0.2, 0.25) is 0 Å². The number of rotatable bonds is 2. The van der Waals surface area contributed by atoms with Crippen LogP contribution in [-0.4, -0.2) is 63.1 Å². The Labute approximate surface area is 174 Å². The molecule has 0 saturated carbocycles. The molecule has 2 N–H and O–H groups in total. The molecule has 154 valence electrons. The standard InChI is InChI=1S/C18H19BrFN5O4/c1-23-17(27)16-12-8-24(18(28)21-10-2-3-14(20)13(19)6-10)5-4-15(12)22-25(16)7-11(9-26)29-23/h2-3,6,11,26H,4-5,7-9H2,1H3,(H,21,28)/t11-/m0/s1. The Hall–Kier alpha value is -2.50. The van der Waals surface area contributed by atoms with Crippen molar-refractivity contribution in [2.45, 2.75) is 25.6 Å². The van der Waals surface area contributed by atoms with E-state index in [-0.39, 0.29) is 36.1 Å². The van der Waals surface area contributed by atoms with E-state index in [1.807, 2.05) is 0 Å². The summed E-state index contributed by atoms with van der Waals surface area (Å²) in [4.78, 5) is 32.5. The molecular weight excluding hydrogens is 449 g/mol. The fraction of sp³-hybridized carbons (Fsp3) is 0.389. The largest absolute Gasteiger partial charge is 0.393 e. The molecular formula is C18H19BrFN5O4. The Bertz CT molecular complexity index is 981. The predicted octanol–water partition coefficient (Wildman–Crippen LogP) is 1.75. The first kappa shape index (κ1) is 19.8. The van der Waals surface area contributed by atoms with Gasteiger partial charge in [-0.2, -0.15) is 5.10 Å². The van der Waals surface area contributed by atoms with Crippen molar-refractivity contribution in [1.82, 2.24) is 19.7 Å². The minimum Gasteiger partial charge on any atom is -0.393 e. The highest BCUT2D eigenvalue weighted by atomic mass is 79.9. The van der Waals surface area contributed by atoms with E-state index < -0.39 is 11.9 Å². The van der Waals surface area contributed by atoms with Gasteiger partial charge in [-0.1, -0.05) is 0 Å². The van der Waals surface area contributed by atoms with Gasteiger partial charge in [0.25, 0.3) is 5.91 Å². The highest BCUT2D eigenvalue weighted by molar-refractivity contribution is 9.10. The fourth-order valence-electron chi connectivity index (χ4n) is 3.49. The second-order valence-electron chi connectivity index (χ2n) is 6.90. The third-order valence-corrected chi connectivity index (χ3v) is 5.54. The number of carbonyl (C=O) groups excluding carboxylic acids is 2. The molecule has 11 heteroatoms. The normalized spacial score (nSPS) is 18.9. The van der Waals surface area contributed by atoms with Gasteiger partial charge in [0.1, 0.15) is 17.6 Å². The van der Waals surface area contributed by atoms with Crippen LogP contribution in [0.2, 0.25) is 0 Å². The summed E-state index contributed by atoms with van der Waals surface area (Å²) in [6.45, 7) is 0.637. The number of nitrogens with one attached hydrogen (secondary N) is 1. The van der Waals surface area contributed by atoms with Crippen molar-refractivity contribution in [1.29, 1.82) is 0 Å². The summed E-state index contributed by atoms with van der Waals surface area (Å²) >= 11 is 3.10. The maximum atomic E-state index is 13.4. The zero-order valence-corrected chi connectivity index (χ0v) is 17.1. The average Bonchev–Trinajstić information content (AvgIpc) is 3.00. The number of benzene rings is 1. The molecule has 3 heterocycles. The van der Waals surface area contributed by atoms with Gasteiger partial charge in [0.15, 0.2) is 0 Å². The summed E-state index contributed by atoms with van der Waals surface area (Å²) in [6.07, 6.45) is -0.0831. The van der Waals surface area contributed by atoms with Gasteiger partial charge in [-0.05, 0) is 34.1 Å². The molecule has 9 nitrogen and oxygen atoms in total. The molecule has 0 saturated heterocycles. The summed E-state index contributed by atoms with van der Waals surface area (Å²) < 4.78 is 15.2. The SMILES string of the molecule is CN1O[C@H](CO)Cn2nc3c(c2C1=O)CN(C(=O)Nc1ccc(F)c(Br)c1)CC3. The first-order valence-electron chi connectivity index (χ1n) is 9.02. The second-order valence-corrected chi connectivity index (χ2v) is 7.75. The summed E-state index contributed by atoms with van der Waals surface area (Å²) in [5.74, 6) is -0.793. The molecule has 29 heavy (non-hydrogen) atoms. The Morgan fingerprint density at radius 1 is 1.48 bits per heavy atom. The van der Waals surface area contributed by atoms with Crippen LogP contribution in [-0.2, 0) is 24.3 Å². The van der Waals surface area contributed by atoms with Crippen molar-refractivity contribution >= 4 is 33.6 Å². The number of aliphatic hydroxyl groups is 1. The molecule has 0 spiro atoms. The van der Waals surface area contributed by atoms with Crippen molar-refractivity contribution in [3.05, 3.63) is 45.4 Å². The number of hydroxylamine groups is 2. The van der Waals surface area contributed by atoms with E-state index in [2.05, 4.69) is 26.3 Å². The molecule has 2 aliphatic heterocycles. The lowest BCUT2D eigenvalue weighted by atomic mass is 10.1. The number of amides is 3. The number of hydrogen-bond acceptors (Lipinski definition) is 5. The van der Waals surface area contributed by atoms with Crippen molar-refractivity contribution in [2.24, 2.45) is 0 Å². The van der Waals surface area contributed by atoms with E-state index in [4.69, 9.17) is 4.84 Å². The third-order valence-electron chi connectivity index (χ3n) is 4.94. The van der Waals surface area contributed by atoms with E-state index in [1.54, 1.807) is 9.58 Å². The highest BCUT2D eigenvalue weighted by Crippen LogP contribution is 2.27. The number of carbonyl (C=O) groups is 2. The van der Waals surface area contributed by atoms with E-state index in [0.717, 1.165) is 10.8 Å². The number of halogens is 2. The molecule has 0 fully saturated rings. The summed E-state index contributed by atoms with van der Waals surface area (Å²) in [5, 5.41) is 17.8. The van der Waals surface area contributed by atoms with Crippen LogP contribution in [0.15, 0.2) is 22.7 Å². The van der Waals surface area contributed by atoms with Gasteiger partial charge >= 0.3 is 6.03 Å². The molecule has 0 bridgehead atoms. The lowest BCUT2D eigenvalue weighted by Gasteiger charge is -2.27. The number of nitrogens with zero attached hydrogens (tertiary/aromatic N) is 4. The van der Waals surface area contributed by atoms with Crippen LogP contribution in [0.25, 0.3) is 0 Å². The number of fused-ring (bicyclic) bond motifs is 3. The summed E-state index contributed by atoms with van der Waals surface area (Å²) in [6, 6.07) is 3.87. The van der Waals surface area contributed by atoms with Crippen LogP contribution >= 0.6 is 15.9 Å². The minimum atomic E-state index is -0.581. The monoisotopic (exact) mass is 467 g/mol. The Kier molecular flexibility index (Phi) is 5.28. The molecule has 1 atom stereocenters. The van der Waals surface area contributed by atoms with Crippen molar-refractivity contribution in [2.75, 3.05) is 25.5 Å². The van der Waals surface area contributed by atoms with Crippen molar-refractivity contribution in [3.63, 3.8) is 0 Å².